The van der Waals surface area contributed by atoms with Crippen LogP contribution < -0.4 is 175 Å². The van der Waals surface area contributed by atoms with Crippen LogP contribution in [0.1, 0.15) is 0 Å². The van der Waals surface area contributed by atoms with Crippen molar-refractivity contribution in [3.05, 3.63) is 0 Å². The van der Waals surface area contributed by atoms with E-state index in [1.807, 2.05) is 0 Å². The summed E-state index contributed by atoms with van der Waals surface area (Å²) in [5.41, 5.74) is 0. The zero-order chi connectivity index (χ0) is 6.85. The van der Waals surface area contributed by atoms with E-state index < -0.39 is 0 Å². The van der Waals surface area contributed by atoms with Crippen molar-refractivity contribution in [1.29, 1.82) is 0 Å². The third-order valence-corrected chi connectivity index (χ3v) is 1.12. The molecule has 0 fully saturated rings. The summed E-state index contributed by atoms with van der Waals surface area (Å²) in [4.78, 5) is 10.7. The molecule has 12 heavy (non-hydrogen) atoms. The molecule has 0 saturated heterocycles. The molecular weight excluding hydrogens is 431 g/mol. The Balaban J connectivity index is -0.000000270. The summed E-state index contributed by atoms with van der Waals surface area (Å²) in [6.07, 6.45) is 0. The van der Waals surface area contributed by atoms with E-state index in [-0.39, 0.29) is 190 Å². The zero-order valence-corrected chi connectivity index (χ0v) is 24.3. The van der Waals surface area contributed by atoms with Crippen LogP contribution in [0.25, 0.3) is 0 Å². The van der Waals surface area contributed by atoms with Crippen molar-refractivity contribution in [3.8, 4) is 0 Å². The maximum Gasteiger partial charge on any atom is 1.00 e. The maximum atomic E-state index is 4.59. The van der Waals surface area contributed by atoms with E-state index in [2.05, 4.69) is 52.8 Å². The fourth-order valence-corrected chi connectivity index (χ4v) is 1.01. The first kappa shape index (κ1) is 22.3. The van der Waals surface area contributed by atoms with Gasteiger partial charge in [0.2, 0.25) is 0 Å². The van der Waals surface area contributed by atoms with Gasteiger partial charge in [-0.1, -0.05) is 0 Å². The summed E-state index contributed by atoms with van der Waals surface area (Å²) in [5, 5.41) is 0.500. The Labute approximate surface area is 234 Å². The van der Waals surface area contributed by atoms with E-state index in [0.717, 1.165) is 0 Å². The molecule has 9 heteroatoms. The first-order valence-corrected chi connectivity index (χ1v) is 3.18. The average Bonchev–Trinajstić information content (AvgIpc) is 1.59. The van der Waals surface area contributed by atoms with E-state index in [4.69, 9.17) is 0 Å². The zero-order valence-electron chi connectivity index (χ0n) is 7.07. The molecule has 1 aromatic rings. The summed E-state index contributed by atoms with van der Waals surface area (Å²) >= 11 is 13.8. The van der Waals surface area contributed by atoms with Crippen molar-refractivity contribution < 1.29 is 175 Å². The van der Waals surface area contributed by atoms with Crippen molar-refractivity contribution in [2.24, 2.45) is 0 Å². The minimum absolute atomic E-state index is 0. The molecule has 1 aromatic heterocycles. The van der Waals surface area contributed by atoms with Crippen molar-refractivity contribution in [2.45, 2.75) is 15.5 Å². The Morgan fingerprint density at radius 3 is 0.917 bits per heavy atom. The number of hydrogen-bond donors (Lipinski definition) is 0. The van der Waals surface area contributed by atoms with Crippen LogP contribution in [0.15, 0.2) is 15.5 Å². The maximum absolute atomic E-state index is 4.59. The van der Waals surface area contributed by atoms with Crippen molar-refractivity contribution in [2.75, 3.05) is 0 Å². The molecule has 0 atom stereocenters. The van der Waals surface area contributed by atoms with Gasteiger partial charge >= 0.3 is 175 Å². The molecule has 3 nitrogen and oxygen atoms in total. The molecule has 0 aliphatic rings. The third-order valence-electron chi connectivity index (χ3n) is 0.574. The van der Waals surface area contributed by atoms with Gasteiger partial charge in [0.25, 0.3) is 0 Å². The Hall–Kier alpha value is 5.09. The number of hydrogen-bond acceptors (Lipinski definition) is 6. The standard InChI is InChI=1S/C3H3N3S3.3Rb/c7-1-4-2(8)6-3(9)5-1;;;/h(H3,4,5,6,7,8,9);;;/q;3*+1/p-3. The van der Waals surface area contributed by atoms with Crippen molar-refractivity contribution in [3.63, 3.8) is 0 Å². The van der Waals surface area contributed by atoms with Crippen LogP contribution in [0.3, 0.4) is 0 Å². The van der Waals surface area contributed by atoms with Crippen molar-refractivity contribution in [1.82, 2.24) is 15.0 Å². The average molecular weight is 431 g/mol. The summed E-state index contributed by atoms with van der Waals surface area (Å²) in [6, 6.07) is 0. The van der Waals surface area contributed by atoms with Gasteiger partial charge < -0.3 is 37.9 Å². The van der Waals surface area contributed by atoms with E-state index in [0.29, 0.717) is 0 Å². The minimum atomic E-state index is 0. The normalized spacial score (nSPS) is 7.00. The molecule has 1 rings (SSSR count). The van der Waals surface area contributed by atoms with Gasteiger partial charge in [0.15, 0.2) is 0 Å². The summed E-state index contributed by atoms with van der Waals surface area (Å²) < 4.78 is 0. The van der Waals surface area contributed by atoms with E-state index >= 15 is 0 Å². The second-order valence-corrected chi connectivity index (χ2v) is 2.28. The predicted molar refractivity (Wildman–Crippen MR) is 36.7 cm³/mol. The van der Waals surface area contributed by atoms with E-state index in [1.54, 1.807) is 0 Å². The Morgan fingerprint density at radius 2 is 0.750 bits per heavy atom. The molecule has 0 N–H and O–H groups in total. The number of nitrogens with zero attached hydrogens (tertiary/aromatic N) is 3. The molecule has 0 bridgehead atoms. The summed E-state index contributed by atoms with van der Waals surface area (Å²) in [7, 11) is 0. The first-order chi connectivity index (χ1) is 4.18. The number of aromatic nitrogens is 3. The molecular formula is C3N3Rb3S3. The molecule has 0 amide bonds. The molecule has 0 radical (unpaired) electrons. The smallest absolute Gasteiger partial charge is 0.740 e. The molecule has 0 aliphatic heterocycles. The van der Waals surface area contributed by atoms with Crippen LogP contribution in [-0.4, -0.2) is 15.0 Å². The largest absolute Gasteiger partial charge is 1.00 e. The van der Waals surface area contributed by atoms with Crippen molar-refractivity contribution >= 4 is 37.9 Å². The van der Waals surface area contributed by atoms with Gasteiger partial charge in [0, 0.05) is 15.5 Å². The Kier molecular flexibility index (Phi) is 23.3. The minimum Gasteiger partial charge on any atom is -0.740 e. The number of rotatable bonds is 0. The topological polar surface area (TPSA) is 38.7 Å². The molecule has 48 valence electrons. The third kappa shape index (κ3) is 10.3. The van der Waals surface area contributed by atoms with Crippen LogP contribution in [0.2, 0.25) is 0 Å². The Bertz CT molecular complexity index is 185. The predicted octanol–water partition coefficient (Wildman–Crippen LogP) is -9.40. The van der Waals surface area contributed by atoms with Gasteiger partial charge in [-0.15, -0.1) is 0 Å². The Morgan fingerprint density at radius 1 is 0.583 bits per heavy atom. The van der Waals surface area contributed by atoms with Gasteiger partial charge in [-0.05, 0) is 0 Å². The fraction of sp³-hybridized carbons (Fsp3) is 0. The van der Waals surface area contributed by atoms with Crippen LogP contribution in [-0.2, 0) is 37.9 Å². The first-order valence-electron chi connectivity index (χ1n) is 1.95. The molecule has 0 spiro atoms. The van der Waals surface area contributed by atoms with E-state index in [1.165, 1.54) is 0 Å². The quantitative estimate of drug-likeness (QED) is 0.381. The second-order valence-electron chi connectivity index (χ2n) is 1.18. The van der Waals surface area contributed by atoms with Gasteiger partial charge in [0.05, 0.1) is 0 Å². The fourth-order valence-electron chi connectivity index (χ4n) is 0.320. The van der Waals surface area contributed by atoms with Gasteiger partial charge in [0.1, 0.15) is 0 Å². The van der Waals surface area contributed by atoms with Crippen LogP contribution >= 0.6 is 0 Å². The van der Waals surface area contributed by atoms with Gasteiger partial charge in [-0.2, -0.15) is 0 Å². The van der Waals surface area contributed by atoms with Crippen LogP contribution in [0, 0.1) is 0 Å². The molecule has 1 heterocycles. The molecule has 0 unspecified atom stereocenters. The van der Waals surface area contributed by atoms with E-state index in [9.17, 15) is 0 Å². The molecule has 0 aromatic carbocycles. The SMILES string of the molecule is [Rb+].[Rb+].[Rb+].[S-]c1nc([S-])nc([S-])n1. The monoisotopic (exact) mass is 429 g/mol. The van der Waals surface area contributed by atoms with Gasteiger partial charge in [-0.3, -0.25) is 15.0 Å². The second kappa shape index (κ2) is 12.5. The van der Waals surface area contributed by atoms with Crippen LogP contribution in [0.4, 0.5) is 0 Å². The van der Waals surface area contributed by atoms with Gasteiger partial charge in [-0.25, -0.2) is 0 Å². The molecule has 0 aliphatic carbocycles. The summed E-state index contributed by atoms with van der Waals surface area (Å²) in [6.45, 7) is 0. The summed E-state index contributed by atoms with van der Waals surface area (Å²) in [5.74, 6) is 0. The van der Waals surface area contributed by atoms with Crippen LogP contribution in [0.5, 0.6) is 0 Å². The molecule has 0 saturated carbocycles.